The first-order chi connectivity index (χ1) is 17.2. The number of nitrogens with zero attached hydrogens (tertiary/aromatic N) is 4. The molecule has 2 fully saturated rings. The zero-order valence-corrected chi connectivity index (χ0v) is 20.9. The number of ether oxygens (including phenoxy) is 2. The molecule has 1 amide bonds. The third kappa shape index (κ3) is 7.38. The number of aromatic nitrogens is 2. The fourth-order valence-corrected chi connectivity index (χ4v) is 5.24. The van der Waals surface area contributed by atoms with Crippen molar-refractivity contribution in [2.24, 2.45) is 24.8 Å². The van der Waals surface area contributed by atoms with Crippen molar-refractivity contribution in [2.75, 3.05) is 26.2 Å². The quantitative estimate of drug-likeness (QED) is 0.356. The van der Waals surface area contributed by atoms with Crippen LogP contribution in [0.15, 0.2) is 36.8 Å². The molecule has 1 aromatic heterocycles. The third-order valence-electron chi connectivity index (χ3n) is 7.09. The minimum absolute atomic E-state index is 0.123. The minimum Gasteiger partial charge on any atom is -0.406 e. The van der Waals surface area contributed by atoms with Crippen LogP contribution in [-0.4, -0.2) is 58.0 Å². The molecule has 1 aromatic carbocycles. The summed E-state index contributed by atoms with van der Waals surface area (Å²) in [5, 5.41) is 0. The lowest BCUT2D eigenvalue weighted by Crippen LogP contribution is -2.37. The lowest BCUT2D eigenvalue weighted by Gasteiger charge is -2.25. The average molecular weight is 509 g/mol. The maximum absolute atomic E-state index is 13.0. The molecular weight excluding hydrogens is 473 g/mol. The van der Waals surface area contributed by atoms with E-state index in [1.54, 1.807) is 28.8 Å². The van der Waals surface area contributed by atoms with E-state index >= 15 is 0 Å². The monoisotopic (exact) mass is 508 g/mol. The van der Waals surface area contributed by atoms with Gasteiger partial charge in [-0.05, 0) is 48.4 Å². The number of rotatable bonds is 12. The number of benzene rings is 1. The molecule has 1 aliphatic carbocycles. The number of piperidine rings is 1. The van der Waals surface area contributed by atoms with Crippen LogP contribution in [-0.2, 0) is 13.6 Å². The predicted octanol–water partition coefficient (Wildman–Crippen LogP) is 5.47. The van der Waals surface area contributed by atoms with Crippen molar-refractivity contribution in [2.45, 2.75) is 51.9 Å². The van der Waals surface area contributed by atoms with Crippen LogP contribution in [0.1, 0.15) is 44.6 Å². The van der Waals surface area contributed by atoms with E-state index in [0.29, 0.717) is 29.9 Å². The number of likely N-dealkylation sites (tertiary alicyclic amines) is 1. The molecule has 4 rings (SSSR count). The molecule has 1 aliphatic heterocycles. The fraction of sp³-hybridized carbons (Fsp3) is 0.615. The summed E-state index contributed by atoms with van der Waals surface area (Å²) < 4.78 is 49.2. The Kier molecular flexibility index (Phi) is 8.43. The van der Waals surface area contributed by atoms with Gasteiger partial charge in [0.1, 0.15) is 5.75 Å². The molecule has 0 bridgehead atoms. The number of aryl methyl sites for hydroxylation is 1. The van der Waals surface area contributed by atoms with Crippen LogP contribution in [0.4, 0.5) is 18.0 Å². The van der Waals surface area contributed by atoms with E-state index < -0.39 is 12.5 Å². The van der Waals surface area contributed by atoms with E-state index in [9.17, 15) is 18.0 Å². The number of unbranched alkanes of at least 4 members (excludes halogenated alkanes) is 4. The number of imidazole rings is 1. The molecule has 2 aromatic rings. The number of fused-ring (bicyclic) bond motifs is 1. The van der Waals surface area contributed by atoms with Crippen molar-refractivity contribution in [3.63, 3.8) is 0 Å². The lowest BCUT2D eigenvalue weighted by atomic mass is 10.1. The maximum Gasteiger partial charge on any atom is 0.573 e. The van der Waals surface area contributed by atoms with E-state index in [-0.39, 0.29) is 18.2 Å². The summed E-state index contributed by atoms with van der Waals surface area (Å²) in [4.78, 5) is 21.2. The smallest absolute Gasteiger partial charge is 0.406 e. The van der Waals surface area contributed by atoms with Gasteiger partial charge in [0.2, 0.25) is 5.88 Å². The summed E-state index contributed by atoms with van der Waals surface area (Å²) in [7, 11) is 1.77. The number of hydrogen-bond acceptors (Lipinski definition) is 5. The Labute approximate surface area is 210 Å². The molecule has 0 N–H and O–H groups in total. The van der Waals surface area contributed by atoms with Crippen LogP contribution in [0.5, 0.6) is 11.6 Å². The minimum atomic E-state index is -4.77. The van der Waals surface area contributed by atoms with Gasteiger partial charge in [-0.25, -0.2) is 9.78 Å². The number of carbonyl (C=O) groups excluding carboxylic acids is 1. The van der Waals surface area contributed by atoms with E-state index in [4.69, 9.17) is 4.74 Å². The Hall–Kier alpha value is -2.75. The highest BCUT2D eigenvalue weighted by atomic mass is 19.4. The second-order valence-electron chi connectivity index (χ2n) is 9.99. The molecule has 0 spiro atoms. The highest BCUT2D eigenvalue weighted by Crippen LogP contribution is 2.52. The molecule has 2 atom stereocenters. The van der Waals surface area contributed by atoms with Crippen molar-refractivity contribution in [3.05, 3.63) is 42.4 Å². The van der Waals surface area contributed by atoms with E-state index in [1.165, 1.54) is 56.6 Å². The Bertz CT molecular complexity index is 1000. The zero-order chi connectivity index (χ0) is 25.7. The molecule has 198 valence electrons. The molecule has 1 saturated carbocycles. The third-order valence-corrected chi connectivity index (χ3v) is 7.09. The average Bonchev–Trinajstić information content (AvgIpc) is 3.11. The van der Waals surface area contributed by atoms with Gasteiger partial charge < -0.3 is 23.8 Å². The van der Waals surface area contributed by atoms with Crippen LogP contribution in [0.2, 0.25) is 0 Å². The van der Waals surface area contributed by atoms with Crippen molar-refractivity contribution < 1.29 is 27.4 Å². The van der Waals surface area contributed by atoms with Gasteiger partial charge in [-0.15, -0.1) is 13.2 Å². The summed E-state index contributed by atoms with van der Waals surface area (Å²) in [6, 6.07) is 5.72. The van der Waals surface area contributed by atoms with Crippen molar-refractivity contribution in [1.29, 1.82) is 0 Å². The van der Waals surface area contributed by atoms with Crippen molar-refractivity contribution >= 4 is 6.09 Å². The number of carbonyl (C=O) groups is 1. The van der Waals surface area contributed by atoms with Crippen LogP contribution in [0.3, 0.4) is 0 Å². The van der Waals surface area contributed by atoms with Gasteiger partial charge in [-0.2, -0.15) is 0 Å². The Morgan fingerprint density at radius 2 is 1.92 bits per heavy atom. The fourth-order valence-electron chi connectivity index (χ4n) is 5.24. The summed E-state index contributed by atoms with van der Waals surface area (Å²) >= 11 is 0. The van der Waals surface area contributed by atoms with E-state index in [2.05, 4.69) is 21.5 Å². The SMILES string of the molecule is CCCCCCCN1CC2C(C1)C2CN(Cc1cccc(OC(F)(F)F)c1)C(=O)Oc1cn(C)cn1. The van der Waals surface area contributed by atoms with Crippen molar-refractivity contribution in [1.82, 2.24) is 19.4 Å². The van der Waals surface area contributed by atoms with Crippen LogP contribution in [0.25, 0.3) is 0 Å². The molecule has 1 saturated heterocycles. The van der Waals surface area contributed by atoms with Gasteiger partial charge in [0.15, 0.2) is 0 Å². The molecule has 2 aliphatic rings. The Balaban J connectivity index is 1.35. The van der Waals surface area contributed by atoms with E-state index in [1.807, 2.05) is 0 Å². The predicted molar refractivity (Wildman–Crippen MR) is 128 cm³/mol. The summed E-state index contributed by atoms with van der Waals surface area (Å²) in [5.74, 6) is 1.34. The van der Waals surface area contributed by atoms with Crippen LogP contribution < -0.4 is 9.47 Å². The standard InChI is InChI=1S/C26H35F3N4O3/c1-3-4-5-6-7-11-32-14-21-22(15-32)23(21)16-33(25(34)35-24-17-31(2)18-30-24)13-19-9-8-10-20(12-19)36-26(27,28)29/h8-10,12,17-18,21-23H,3-7,11,13-16H2,1-2H3. The van der Waals surface area contributed by atoms with Gasteiger partial charge in [-0.1, -0.05) is 44.7 Å². The first-order valence-electron chi connectivity index (χ1n) is 12.7. The molecule has 2 heterocycles. The Morgan fingerprint density at radius 3 is 2.58 bits per heavy atom. The first kappa shape index (κ1) is 26.3. The van der Waals surface area contributed by atoms with Crippen LogP contribution >= 0.6 is 0 Å². The molecule has 7 nitrogen and oxygen atoms in total. The van der Waals surface area contributed by atoms with Gasteiger partial charge in [-0.3, -0.25) is 0 Å². The largest absolute Gasteiger partial charge is 0.573 e. The number of hydrogen-bond donors (Lipinski definition) is 0. The van der Waals surface area contributed by atoms with Crippen molar-refractivity contribution in [3.8, 4) is 11.6 Å². The molecule has 2 unspecified atom stereocenters. The zero-order valence-electron chi connectivity index (χ0n) is 20.9. The normalized spacial score (nSPS) is 21.3. The first-order valence-corrected chi connectivity index (χ1v) is 12.7. The number of amides is 1. The van der Waals surface area contributed by atoms with Crippen LogP contribution in [0, 0.1) is 17.8 Å². The summed E-state index contributed by atoms with van der Waals surface area (Å²) in [6.07, 6.45) is 4.12. The molecule has 10 heteroatoms. The number of alkyl halides is 3. The molecule has 0 radical (unpaired) electrons. The number of halogens is 3. The maximum atomic E-state index is 13.0. The Morgan fingerprint density at radius 1 is 1.17 bits per heavy atom. The van der Waals surface area contributed by atoms with Gasteiger partial charge in [0.25, 0.3) is 0 Å². The van der Waals surface area contributed by atoms with Gasteiger partial charge >= 0.3 is 12.5 Å². The topological polar surface area (TPSA) is 59.8 Å². The highest BCUT2D eigenvalue weighted by molar-refractivity contribution is 5.70. The second-order valence-corrected chi connectivity index (χ2v) is 9.99. The highest BCUT2D eigenvalue weighted by Gasteiger charge is 2.55. The molecule has 36 heavy (non-hydrogen) atoms. The lowest BCUT2D eigenvalue weighted by molar-refractivity contribution is -0.274. The van der Waals surface area contributed by atoms with E-state index in [0.717, 1.165) is 19.6 Å². The van der Waals surface area contributed by atoms with Gasteiger partial charge in [0.05, 0.1) is 12.5 Å². The second kappa shape index (κ2) is 11.5. The van der Waals surface area contributed by atoms with Gasteiger partial charge in [0, 0.05) is 33.2 Å². The summed E-state index contributed by atoms with van der Waals surface area (Å²) in [5.41, 5.74) is 0.536. The summed E-state index contributed by atoms with van der Waals surface area (Å²) in [6.45, 7) is 6.05. The molecular formula is C26H35F3N4O3.